The zero-order valence-electron chi connectivity index (χ0n) is 18.9. The number of nitrogens with one attached hydrogen (secondary N) is 1. The van der Waals surface area contributed by atoms with Crippen molar-refractivity contribution < 1.29 is 18.7 Å². The summed E-state index contributed by atoms with van der Waals surface area (Å²) in [4.78, 5) is 35.6. The zero-order chi connectivity index (χ0) is 24.5. The number of carbonyl (C=O) groups is 1. The van der Waals surface area contributed by atoms with E-state index in [9.17, 15) is 14.0 Å². The summed E-state index contributed by atoms with van der Waals surface area (Å²) < 4.78 is 25.9. The monoisotopic (exact) mass is 511 g/mol. The Labute approximate surface area is 208 Å². The standard InChI is InChI=1S/C25H22FN3O4S2/c1-3-20(30)29-8-6-17-19(13-29)35-25(27-17)22-21(23-16(7-11-34-23)24(31)28-22)15-5-4-14(26)12-18(15)33-10-9-32-2/h3-5,7,11-12H,1,6,8-10,13H2,2H3,(H,28,31). The Bertz CT molecular complexity index is 1490. The molecule has 1 aliphatic heterocycles. The number of thiophene rings is 1. The highest BCUT2D eigenvalue weighted by atomic mass is 32.1. The van der Waals surface area contributed by atoms with E-state index >= 15 is 0 Å². The molecule has 4 aromatic rings. The third kappa shape index (κ3) is 4.40. The number of H-pyrrole nitrogens is 1. The van der Waals surface area contributed by atoms with Crippen LogP contribution in [0.3, 0.4) is 0 Å². The Morgan fingerprint density at radius 3 is 3.00 bits per heavy atom. The van der Waals surface area contributed by atoms with E-state index < -0.39 is 5.82 Å². The first kappa shape index (κ1) is 23.4. The highest BCUT2D eigenvalue weighted by molar-refractivity contribution is 7.18. The summed E-state index contributed by atoms with van der Waals surface area (Å²) in [7, 11) is 1.57. The molecule has 0 atom stereocenters. The molecule has 0 unspecified atom stereocenters. The number of benzene rings is 1. The number of carbonyl (C=O) groups excluding carboxylic acids is 1. The van der Waals surface area contributed by atoms with Crippen molar-refractivity contribution in [3.05, 3.63) is 69.0 Å². The Morgan fingerprint density at radius 1 is 1.34 bits per heavy atom. The molecular formula is C25H22FN3O4S2. The van der Waals surface area contributed by atoms with Crippen LogP contribution < -0.4 is 10.3 Å². The fraction of sp³-hybridized carbons (Fsp3) is 0.240. The average Bonchev–Trinajstić information content (AvgIpc) is 3.51. The minimum absolute atomic E-state index is 0.121. The van der Waals surface area contributed by atoms with Gasteiger partial charge in [0.15, 0.2) is 0 Å². The van der Waals surface area contributed by atoms with Crippen molar-refractivity contribution >= 4 is 38.7 Å². The number of amides is 1. The van der Waals surface area contributed by atoms with Crippen LogP contribution in [-0.4, -0.2) is 47.6 Å². The van der Waals surface area contributed by atoms with Crippen molar-refractivity contribution in [1.82, 2.24) is 14.9 Å². The lowest BCUT2D eigenvalue weighted by Crippen LogP contribution is -2.34. The van der Waals surface area contributed by atoms with Gasteiger partial charge in [0.25, 0.3) is 5.56 Å². The molecule has 35 heavy (non-hydrogen) atoms. The summed E-state index contributed by atoms with van der Waals surface area (Å²) in [6, 6.07) is 6.14. The molecule has 1 aromatic carbocycles. The lowest BCUT2D eigenvalue weighted by atomic mass is 10.0. The molecule has 0 saturated carbocycles. The molecule has 1 N–H and O–H groups in total. The zero-order valence-corrected chi connectivity index (χ0v) is 20.6. The number of hydrogen-bond acceptors (Lipinski definition) is 7. The van der Waals surface area contributed by atoms with E-state index in [1.54, 1.807) is 24.1 Å². The summed E-state index contributed by atoms with van der Waals surface area (Å²) in [5.41, 5.74) is 2.62. The molecule has 180 valence electrons. The van der Waals surface area contributed by atoms with Crippen LogP contribution in [-0.2, 0) is 22.5 Å². The van der Waals surface area contributed by atoms with Crippen molar-refractivity contribution in [3.8, 4) is 27.6 Å². The smallest absolute Gasteiger partial charge is 0.257 e. The molecule has 0 aliphatic carbocycles. The highest BCUT2D eigenvalue weighted by Crippen LogP contribution is 2.43. The number of hydrogen-bond donors (Lipinski definition) is 1. The summed E-state index contributed by atoms with van der Waals surface area (Å²) in [6.45, 7) is 5.18. The number of halogens is 1. The molecule has 5 rings (SSSR count). The van der Waals surface area contributed by atoms with Crippen LogP contribution in [0.4, 0.5) is 4.39 Å². The van der Waals surface area contributed by atoms with E-state index in [0.717, 1.165) is 20.8 Å². The number of methoxy groups -OCH3 is 1. The highest BCUT2D eigenvalue weighted by Gasteiger charge is 2.26. The van der Waals surface area contributed by atoms with E-state index in [0.29, 0.717) is 53.5 Å². The molecule has 0 fully saturated rings. The van der Waals surface area contributed by atoms with Crippen LogP contribution in [0, 0.1) is 5.82 Å². The van der Waals surface area contributed by atoms with Crippen LogP contribution in [0.1, 0.15) is 10.6 Å². The van der Waals surface area contributed by atoms with Crippen LogP contribution in [0.25, 0.3) is 31.9 Å². The molecule has 0 saturated heterocycles. The molecule has 3 aromatic heterocycles. The van der Waals surface area contributed by atoms with Gasteiger partial charge in [0.1, 0.15) is 23.2 Å². The number of rotatable bonds is 7. The van der Waals surface area contributed by atoms with E-state index in [4.69, 9.17) is 14.5 Å². The van der Waals surface area contributed by atoms with Crippen LogP contribution in [0.2, 0.25) is 0 Å². The number of pyridine rings is 1. The topological polar surface area (TPSA) is 84.5 Å². The molecule has 1 aliphatic rings. The van der Waals surface area contributed by atoms with Crippen molar-refractivity contribution in [1.29, 1.82) is 0 Å². The second kappa shape index (κ2) is 9.73. The van der Waals surface area contributed by atoms with Gasteiger partial charge in [0.05, 0.1) is 29.9 Å². The van der Waals surface area contributed by atoms with Gasteiger partial charge in [-0.3, -0.25) is 9.59 Å². The van der Waals surface area contributed by atoms with Gasteiger partial charge in [0, 0.05) is 46.8 Å². The number of aromatic amines is 1. The van der Waals surface area contributed by atoms with E-state index in [1.165, 1.54) is 40.9 Å². The fourth-order valence-corrected chi connectivity index (χ4v) is 6.22. The summed E-state index contributed by atoms with van der Waals surface area (Å²) >= 11 is 2.87. The maximum absolute atomic E-state index is 14.2. The van der Waals surface area contributed by atoms with Crippen LogP contribution in [0.5, 0.6) is 5.75 Å². The third-order valence-electron chi connectivity index (χ3n) is 5.81. The number of thiazole rings is 1. The average molecular weight is 512 g/mol. The van der Waals surface area contributed by atoms with Crippen LogP contribution >= 0.6 is 22.7 Å². The van der Waals surface area contributed by atoms with E-state index in [2.05, 4.69) is 11.6 Å². The second-order valence-corrected chi connectivity index (χ2v) is 9.95. The van der Waals surface area contributed by atoms with Gasteiger partial charge in [-0.25, -0.2) is 9.37 Å². The van der Waals surface area contributed by atoms with Crippen molar-refractivity contribution in [3.63, 3.8) is 0 Å². The van der Waals surface area contributed by atoms with Gasteiger partial charge in [-0.05, 0) is 29.7 Å². The summed E-state index contributed by atoms with van der Waals surface area (Å²) in [6.07, 6.45) is 1.93. The van der Waals surface area contributed by atoms with Crippen molar-refractivity contribution in [2.45, 2.75) is 13.0 Å². The van der Waals surface area contributed by atoms with Crippen molar-refractivity contribution in [2.75, 3.05) is 26.9 Å². The first-order chi connectivity index (χ1) is 17.0. The first-order valence-electron chi connectivity index (χ1n) is 11.0. The Hall–Kier alpha value is -3.34. The molecule has 4 heterocycles. The SMILES string of the molecule is C=CC(=O)N1CCc2nc(-c3[nH]c(=O)c4ccsc4c3-c3ccc(F)cc3OCCOC)sc2C1. The van der Waals surface area contributed by atoms with Gasteiger partial charge in [-0.2, -0.15) is 0 Å². The number of ether oxygens (including phenoxy) is 2. The number of aromatic nitrogens is 2. The van der Waals surface area contributed by atoms with Gasteiger partial charge < -0.3 is 19.4 Å². The maximum Gasteiger partial charge on any atom is 0.257 e. The van der Waals surface area contributed by atoms with Crippen molar-refractivity contribution in [2.24, 2.45) is 0 Å². The molecule has 0 bridgehead atoms. The summed E-state index contributed by atoms with van der Waals surface area (Å²) in [5, 5.41) is 3.04. The first-order valence-corrected chi connectivity index (χ1v) is 12.6. The molecule has 0 spiro atoms. The second-order valence-electron chi connectivity index (χ2n) is 7.95. The molecule has 0 radical (unpaired) electrons. The van der Waals surface area contributed by atoms with Crippen LogP contribution in [0.15, 0.2) is 47.1 Å². The van der Waals surface area contributed by atoms with E-state index in [1.807, 2.05) is 5.38 Å². The maximum atomic E-state index is 14.2. The quantitative estimate of drug-likeness (QED) is 0.289. The predicted molar refractivity (Wildman–Crippen MR) is 136 cm³/mol. The minimum Gasteiger partial charge on any atom is -0.490 e. The normalized spacial score (nSPS) is 13.1. The van der Waals surface area contributed by atoms with Gasteiger partial charge in [-0.1, -0.05) is 6.58 Å². The van der Waals surface area contributed by atoms with Gasteiger partial charge in [0.2, 0.25) is 5.91 Å². The van der Waals surface area contributed by atoms with Gasteiger partial charge in [-0.15, -0.1) is 22.7 Å². The molecule has 7 nitrogen and oxygen atoms in total. The fourth-order valence-electron chi connectivity index (χ4n) is 4.13. The Balaban J connectivity index is 1.68. The van der Waals surface area contributed by atoms with E-state index in [-0.39, 0.29) is 18.1 Å². The largest absolute Gasteiger partial charge is 0.490 e. The predicted octanol–water partition coefficient (Wildman–Crippen LogP) is 4.62. The third-order valence-corrected chi connectivity index (χ3v) is 7.85. The Morgan fingerprint density at radius 2 is 2.20 bits per heavy atom. The summed E-state index contributed by atoms with van der Waals surface area (Å²) in [5.74, 6) is -0.191. The van der Waals surface area contributed by atoms with Gasteiger partial charge >= 0.3 is 0 Å². The lowest BCUT2D eigenvalue weighted by Gasteiger charge is -2.24. The molecule has 10 heteroatoms. The molecular weight excluding hydrogens is 489 g/mol. The number of nitrogens with zero attached hydrogens (tertiary/aromatic N) is 2. The number of fused-ring (bicyclic) bond motifs is 2. The molecule has 1 amide bonds. The Kier molecular flexibility index (Phi) is 6.50. The lowest BCUT2D eigenvalue weighted by molar-refractivity contribution is -0.126. The minimum atomic E-state index is -0.425.